The minimum absolute atomic E-state index is 0.142. The zero-order valence-corrected chi connectivity index (χ0v) is 21.1. The van der Waals surface area contributed by atoms with Crippen molar-refractivity contribution in [2.24, 2.45) is 4.99 Å². The van der Waals surface area contributed by atoms with E-state index in [0.717, 1.165) is 36.4 Å². The Morgan fingerprint density at radius 2 is 1.82 bits per heavy atom. The second-order valence-corrected chi connectivity index (χ2v) is 9.56. The Hall–Kier alpha value is -3.86. The predicted octanol–water partition coefficient (Wildman–Crippen LogP) is 5.35. The van der Waals surface area contributed by atoms with Gasteiger partial charge in [-0.05, 0) is 66.9 Å². The van der Waals surface area contributed by atoms with Crippen LogP contribution in [0.1, 0.15) is 41.0 Å². The molecule has 3 aromatic rings. The summed E-state index contributed by atoms with van der Waals surface area (Å²) in [6, 6.07) is 23.6. The average molecular weight is 513 g/mol. The molecule has 2 aliphatic rings. The van der Waals surface area contributed by atoms with Crippen molar-refractivity contribution in [1.82, 2.24) is 10.2 Å². The van der Waals surface area contributed by atoms with Crippen LogP contribution < -0.4 is 10.6 Å². The molecule has 1 unspecified atom stereocenters. The normalized spacial score (nSPS) is 17.3. The Kier molecular flexibility index (Phi) is 8.22. The molecule has 0 bridgehead atoms. The third-order valence-electron chi connectivity index (χ3n) is 6.76. The molecule has 0 radical (unpaired) electrons. The number of nitrogens with zero attached hydrogens (tertiary/aromatic N) is 2. The van der Waals surface area contributed by atoms with Gasteiger partial charge < -0.3 is 10.6 Å². The number of fused-ring (bicyclic) bond motifs is 1. The summed E-state index contributed by atoms with van der Waals surface area (Å²) in [5.41, 5.74) is 5.86. The summed E-state index contributed by atoms with van der Waals surface area (Å²) < 4.78 is 24.5. The summed E-state index contributed by atoms with van der Waals surface area (Å²) in [4.78, 5) is 20.7. The van der Waals surface area contributed by atoms with Gasteiger partial charge in [0.15, 0.2) is 0 Å². The molecule has 38 heavy (non-hydrogen) atoms. The average Bonchev–Trinajstić information content (AvgIpc) is 3.55. The molecule has 0 saturated carbocycles. The van der Waals surface area contributed by atoms with Gasteiger partial charge in [-0.25, -0.2) is 8.78 Å². The molecule has 1 amide bonds. The van der Waals surface area contributed by atoms with Crippen LogP contribution >= 0.6 is 0 Å². The van der Waals surface area contributed by atoms with Crippen molar-refractivity contribution < 1.29 is 13.6 Å². The topological polar surface area (TPSA) is 56.7 Å². The predicted molar refractivity (Wildman–Crippen MR) is 147 cm³/mol. The maximum Gasteiger partial charge on any atom is 0.250 e. The van der Waals surface area contributed by atoms with Crippen LogP contribution in [0.5, 0.6) is 0 Å². The van der Waals surface area contributed by atoms with Gasteiger partial charge in [0.1, 0.15) is 5.92 Å². The van der Waals surface area contributed by atoms with Crippen LogP contribution in [-0.4, -0.2) is 49.1 Å². The SMILES string of the molecule is O=C1Nc2cc(C#CCNCC(F)F)ccc2C1C(=Nc1ccc(CN2CCCC2)cc1)c1ccccc1. The number of rotatable bonds is 8. The Balaban J connectivity index is 1.40. The van der Waals surface area contributed by atoms with E-state index in [-0.39, 0.29) is 19.0 Å². The number of amides is 1. The number of carbonyl (C=O) groups is 1. The minimum atomic E-state index is -2.41. The zero-order chi connectivity index (χ0) is 26.3. The summed E-state index contributed by atoms with van der Waals surface area (Å²) in [5, 5.41) is 5.57. The molecule has 3 aromatic carbocycles. The summed E-state index contributed by atoms with van der Waals surface area (Å²) in [6.07, 6.45) is 0.123. The van der Waals surface area contributed by atoms with Crippen LogP contribution in [0.2, 0.25) is 0 Å². The van der Waals surface area contributed by atoms with Crippen molar-refractivity contribution in [3.63, 3.8) is 0 Å². The Labute approximate surface area is 222 Å². The van der Waals surface area contributed by atoms with Gasteiger partial charge in [-0.2, -0.15) is 0 Å². The van der Waals surface area contributed by atoms with Gasteiger partial charge in [0.25, 0.3) is 6.43 Å². The first-order valence-corrected chi connectivity index (χ1v) is 12.9. The largest absolute Gasteiger partial charge is 0.325 e. The molecule has 194 valence electrons. The molecule has 0 aromatic heterocycles. The number of carbonyl (C=O) groups excluding carboxylic acids is 1. The molecule has 1 fully saturated rings. The monoisotopic (exact) mass is 512 g/mol. The van der Waals surface area contributed by atoms with Crippen LogP contribution in [0.25, 0.3) is 0 Å². The van der Waals surface area contributed by atoms with Crippen molar-refractivity contribution in [2.75, 3.05) is 31.5 Å². The Bertz CT molecular complexity index is 1350. The smallest absolute Gasteiger partial charge is 0.250 e. The third-order valence-corrected chi connectivity index (χ3v) is 6.76. The first-order valence-electron chi connectivity index (χ1n) is 12.9. The van der Waals surface area contributed by atoms with Crippen molar-refractivity contribution in [1.29, 1.82) is 0 Å². The summed E-state index contributed by atoms with van der Waals surface area (Å²) >= 11 is 0. The maximum atomic E-state index is 13.2. The fraction of sp³-hybridized carbons (Fsp3) is 0.290. The van der Waals surface area contributed by atoms with E-state index in [1.54, 1.807) is 0 Å². The maximum absolute atomic E-state index is 13.2. The van der Waals surface area contributed by atoms with Gasteiger partial charge >= 0.3 is 0 Å². The minimum Gasteiger partial charge on any atom is -0.325 e. The van der Waals surface area contributed by atoms with Gasteiger partial charge in [-0.15, -0.1) is 0 Å². The molecule has 2 aliphatic heterocycles. The number of hydrogen-bond acceptors (Lipinski definition) is 4. The standard InChI is InChI=1S/C31H30F2N4O/c32-28(33)20-34-16-6-7-22-12-15-26-27(19-22)36-31(38)29(26)30(24-8-2-1-3-9-24)35-25-13-10-23(11-14-25)21-37-17-4-5-18-37/h1-3,8-15,19,28-29,34H,4-5,16-18,20-21H2,(H,36,38). The summed E-state index contributed by atoms with van der Waals surface area (Å²) in [6.45, 7) is 3.02. The van der Waals surface area contributed by atoms with Gasteiger partial charge in [0.2, 0.25) is 5.91 Å². The van der Waals surface area contributed by atoms with E-state index in [1.165, 1.54) is 18.4 Å². The van der Waals surface area contributed by atoms with E-state index in [9.17, 15) is 13.6 Å². The van der Waals surface area contributed by atoms with E-state index >= 15 is 0 Å². The number of hydrogen-bond donors (Lipinski definition) is 2. The van der Waals surface area contributed by atoms with Crippen LogP contribution in [0, 0.1) is 11.8 Å². The van der Waals surface area contributed by atoms with Crippen LogP contribution in [0.4, 0.5) is 20.2 Å². The van der Waals surface area contributed by atoms with E-state index in [0.29, 0.717) is 17.0 Å². The second-order valence-electron chi connectivity index (χ2n) is 9.56. The second kappa shape index (κ2) is 12.1. The highest BCUT2D eigenvalue weighted by Gasteiger charge is 2.35. The number of alkyl halides is 2. The molecule has 1 atom stereocenters. The van der Waals surface area contributed by atoms with E-state index in [2.05, 4.69) is 39.5 Å². The van der Waals surface area contributed by atoms with Crippen molar-refractivity contribution in [2.45, 2.75) is 31.7 Å². The number of benzene rings is 3. The van der Waals surface area contributed by atoms with Gasteiger partial charge in [0, 0.05) is 17.8 Å². The molecule has 2 N–H and O–H groups in total. The number of halogens is 2. The Morgan fingerprint density at radius 1 is 1.05 bits per heavy atom. The molecule has 0 aliphatic carbocycles. The lowest BCUT2D eigenvalue weighted by Crippen LogP contribution is -2.22. The highest BCUT2D eigenvalue weighted by Crippen LogP contribution is 2.37. The number of aliphatic imine (C=N–C) groups is 1. The molecule has 2 heterocycles. The molecule has 7 heteroatoms. The van der Waals surface area contributed by atoms with E-state index in [4.69, 9.17) is 4.99 Å². The van der Waals surface area contributed by atoms with E-state index in [1.807, 2.05) is 60.7 Å². The Morgan fingerprint density at radius 3 is 2.55 bits per heavy atom. The number of nitrogens with one attached hydrogen (secondary N) is 2. The highest BCUT2D eigenvalue weighted by atomic mass is 19.3. The third kappa shape index (κ3) is 6.34. The molecule has 5 rings (SSSR count). The summed E-state index contributed by atoms with van der Waals surface area (Å²) in [7, 11) is 0. The first kappa shape index (κ1) is 25.8. The van der Waals surface area contributed by atoms with Crippen LogP contribution in [0.15, 0.2) is 77.8 Å². The van der Waals surface area contributed by atoms with Crippen LogP contribution in [-0.2, 0) is 11.3 Å². The molecular weight excluding hydrogens is 482 g/mol. The fourth-order valence-electron chi connectivity index (χ4n) is 4.92. The van der Waals surface area contributed by atoms with Crippen molar-refractivity contribution >= 4 is 23.0 Å². The van der Waals surface area contributed by atoms with Crippen molar-refractivity contribution in [3.8, 4) is 11.8 Å². The lowest BCUT2D eigenvalue weighted by molar-refractivity contribution is -0.115. The van der Waals surface area contributed by atoms with Gasteiger partial charge in [0.05, 0.1) is 24.5 Å². The van der Waals surface area contributed by atoms with Crippen LogP contribution in [0.3, 0.4) is 0 Å². The lowest BCUT2D eigenvalue weighted by Gasteiger charge is -2.15. The zero-order valence-electron chi connectivity index (χ0n) is 21.1. The highest BCUT2D eigenvalue weighted by molar-refractivity contribution is 6.24. The first-order chi connectivity index (χ1) is 18.6. The summed E-state index contributed by atoms with van der Waals surface area (Å²) in [5.74, 6) is 5.11. The lowest BCUT2D eigenvalue weighted by atomic mass is 9.90. The van der Waals surface area contributed by atoms with E-state index < -0.39 is 12.3 Å². The number of likely N-dealkylation sites (tertiary alicyclic amines) is 1. The molecule has 0 spiro atoms. The molecule has 1 saturated heterocycles. The van der Waals surface area contributed by atoms with Crippen molar-refractivity contribution in [3.05, 3.63) is 95.1 Å². The van der Waals surface area contributed by atoms with Gasteiger partial charge in [-0.1, -0.05) is 60.4 Å². The fourth-order valence-corrected chi connectivity index (χ4v) is 4.92. The number of anilines is 1. The molecular formula is C31H30F2N4O. The van der Waals surface area contributed by atoms with Gasteiger partial charge in [-0.3, -0.25) is 14.7 Å². The molecule has 5 nitrogen and oxygen atoms in total. The quantitative estimate of drug-likeness (QED) is 0.243.